The maximum Gasteiger partial charge on any atom is 0.307 e. The molecule has 0 heterocycles. The first-order valence-corrected chi connectivity index (χ1v) is 7.47. The van der Waals surface area contributed by atoms with Crippen LogP contribution in [0.25, 0.3) is 0 Å². The zero-order chi connectivity index (χ0) is 16.4. The third kappa shape index (κ3) is 3.08. The van der Waals surface area contributed by atoms with Gasteiger partial charge < -0.3 is 14.7 Å². The number of nitrogens with zero attached hydrogens (tertiary/aromatic N) is 1. The number of hydrogen-bond donors (Lipinski definition) is 1. The lowest BCUT2D eigenvalue weighted by atomic mass is 9.73. The summed E-state index contributed by atoms with van der Waals surface area (Å²) in [5.74, 6) is -0.973. The quantitative estimate of drug-likeness (QED) is 0.907. The Morgan fingerprint density at radius 3 is 2.18 bits per heavy atom. The van der Waals surface area contributed by atoms with Crippen LogP contribution in [0.5, 0.6) is 5.75 Å². The number of benzene rings is 1. The molecule has 0 radical (unpaired) electrons. The summed E-state index contributed by atoms with van der Waals surface area (Å²) >= 11 is 0. The molecule has 1 amide bonds. The van der Waals surface area contributed by atoms with Crippen molar-refractivity contribution in [1.82, 2.24) is 4.90 Å². The molecule has 1 aliphatic carbocycles. The number of aryl methyl sites for hydroxylation is 2. The smallest absolute Gasteiger partial charge is 0.307 e. The van der Waals surface area contributed by atoms with Crippen molar-refractivity contribution in [3.8, 4) is 5.75 Å². The average molecular weight is 305 g/mol. The van der Waals surface area contributed by atoms with E-state index in [4.69, 9.17) is 9.84 Å². The van der Waals surface area contributed by atoms with Crippen LogP contribution < -0.4 is 4.74 Å². The number of ether oxygens (including phenoxy) is 1. The summed E-state index contributed by atoms with van der Waals surface area (Å²) in [6.45, 7) is 4.43. The summed E-state index contributed by atoms with van der Waals surface area (Å²) in [5, 5.41) is 9.07. The normalized spacial score (nSPS) is 20.2. The maximum atomic E-state index is 12.4. The Kier molecular flexibility index (Phi) is 4.74. The standard InChI is InChI=1S/C17H23NO4/c1-10-7-12(8-11(2)15(10)22-4)9-18(3)16(19)13-5-6-14(13)17(20)21/h7-8,13-14H,5-6,9H2,1-4H3,(H,20,21). The summed E-state index contributed by atoms with van der Waals surface area (Å²) in [6, 6.07) is 4.01. The minimum absolute atomic E-state index is 0.0789. The molecule has 0 aliphatic heterocycles. The van der Waals surface area contributed by atoms with Crippen molar-refractivity contribution in [2.75, 3.05) is 14.2 Å². The largest absolute Gasteiger partial charge is 0.496 e. The maximum absolute atomic E-state index is 12.4. The topological polar surface area (TPSA) is 66.8 Å². The number of methoxy groups -OCH3 is 1. The fraction of sp³-hybridized carbons (Fsp3) is 0.529. The second-order valence-corrected chi connectivity index (χ2v) is 6.09. The molecule has 0 saturated heterocycles. The van der Waals surface area contributed by atoms with Crippen LogP contribution in [0.2, 0.25) is 0 Å². The van der Waals surface area contributed by atoms with Crippen LogP contribution in [0, 0.1) is 25.7 Å². The Bertz CT molecular complexity index is 573. The van der Waals surface area contributed by atoms with Crippen LogP contribution >= 0.6 is 0 Å². The van der Waals surface area contributed by atoms with Gasteiger partial charge in [0.1, 0.15) is 5.75 Å². The van der Waals surface area contributed by atoms with Gasteiger partial charge in [-0.15, -0.1) is 0 Å². The average Bonchev–Trinajstić information content (AvgIpc) is 2.36. The Balaban J connectivity index is 2.07. The molecule has 1 saturated carbocycles. The van der Waals surface area contributed by atoms with E-state index in [-0.39, 0.29) is 11.8 Å². The third-order valence-corrected chi connectivity index (χ3v) is 4.43. The number of carbonyl (C=O) groups is 2. The lowest BCUT2D eigenvalue weighted by Gasteiger charge is -2.35. The molecule has 2 atom stereocenters. The van der Waals surface area contributed by atoms with E-state index >= 15 is 0 Å². The fourth-order valence-corrected chi connectivity index (χ4v) is 3.18. The number of hydrogen-bond acceptors (Lipinski definition) is 3. The van der Waals surface area contributed by atoms with Crippen molar-refractivity contribution in [3.05, 3.63) is 28.8 Å². The van der Waals surface area contributed by atoms with Gasteiger partial charge >= 0.3 is 5.97 Å². The van der Waals surface area contributed by atoms with Gasteiger partial charge in [0.2, 0.25) is 5.91 Å². The van der Waals surface area contributed by atoms with E-state index in [0.717, 1.165) is 22.4 Å². The summed E-state index contributed by atoms with van der Waals surface area (Å²) in [4.78, 5) is 25.1. The molecule has 1 aliphatic rings. The molecular formula is C17H23NO4. The van der Waals surface area contributed by atoms with E-state index in [2.05, 4.69) is 0 Å². The Morgan fingerprint density at radius 2 is 1.77 bits per heavy atom. The molecule has 5 heteroatoms. The van der Waals surface area contributed by atoms with Crippen LogP contribution in [0.1, 0.15) is 29.5 Å². The lowest BCUT2D eigenvalue weighted by Crippen LogP contribution is -2.44. The zero-order valence-electron chi connectivity index (χ0n) is 13.5. The molecule has 2 rings (SSSR count). The molecule has 0 aromatic heterocycles. The first-order valence-electron chi connectivity index (χ1n) is 7.47. The Hall–Kier alpha value is -2.04. The van der Waals surface area contributed by atoms with Crippen molar-refractivity contribution in [3.63, 3.8) is 0 Å². The number of aliphatic carboxylic acids is 1. The minimum atomic E-state index is -0.867. The predicted molar refractivity (Wildman–Crippen MR) is 82.8 cm³/mol. The molecule has 1 N–H and O–H groups in total. The van der Waals surface area contributed by atoms with Crippen LogP contribution in [0.4, 0.5) is 0 Å². The summed E-state index contributed by atoms with van der Waals surface area (Å²) in [7, 11) is 3.38. The van der Waals surface area contributed by atoms with Crippen LogP contribution in [-0.4, -0.2) is 36.0 Å². The van der Waals surface area contributed by atoms with Gasteiger partial charge in [-0.3, -0.25) is 9.59 Å². The highest BCUT2D eigenvalue weighted by Gasteiger charge is 2.42. The molecule has 120 valence electrons. The van der Waals surface area contributed by atoms with Crippen molar-refractivity contribution >= 4 is 11.9 Å². The van der Waals surface area contributed by atoms with Gasteiger partial charge in [-0.2, -0.15) is 0 Å². The van der Waals surface area contributed by atoms with Gasteiger partial charge in [0.25, 0.3) is 0 Å². The summed E-state index contributed by atoms with van der Waals surface area (Å²) < 4.78 is 5.34. The molecule has 22 heavy (non-hydrogen) atoms. The van der Waals surface area contributed by atoms with Gasteiger partial charge in [0, 0.05) is 13.6 Å². The first-order chi connectivity index (χ1) is 10.3. The molecule has 1 aromatic rings. The number of amides is 1. The second-order valence-electron chi connectivity index (χ2n) is 6.09. The summed E-state index contributed by atoms with van der Waals surface area (Å²) in [5.41, 5.74) is 3.09. The van der Waals surface area contributed by atoms with Crippen molar-refractivity contribution < 1.29 is 19.4 Å². The van der Waals surface area contributed by atoms with Crippen molar-refractivity contribution in [2.24, 2.45) is 11.8 Å². The zero-order valence-corrected chi connectivity index (χ0v) is 13.5. The van der Waals surface area contributed by atoms with E-state index in [1.807, 2.05) is 26.0 Å². The molecular weight excluding hydrogens is 282 g/mol. The third-order valence-electron chi connectivity index (χ3n) is 4.43. The van der Waals surface area contributed by atoms with Gasteiger partial charge in [-0.05, 0) is 43.4 Å². The number of carboxylic acids is 1. The van der Waals surface area contributed by atoms with Gasteiger partial charge in [0.15, 0.2) is 0 Å². The highest BCUT2D eigenvalue weighted by molar-refractivity contribution is 5.86. The predicted octanol–water partition coefficient (Wildman–Crippen LogP) is 2.38. The second kappa shape index (κ2) is 6.38. The molecule has 1 aromatic carbocycles. The fourth-order valence-electron chi connectivity index (χ4n) is 3.18. The summed E-state index contributed by atoms with van der Waals surface area (Å²) in [6.07, 6.45) is 1.27. The van der Waals surface area contributed by atoms with E-state index in [9.17, 15) is 9.59 Å². The van der Waals surface area contributed by atoms with Crippen molar-refractivity contribution in [2.45, 2.75) is 33.2 Å². The van der Waals surface area contributed by atoms with Crippen LogP contribution in [0.3, 0.4) is 0 Å². The van der Waals surface area contributed by atoms with Crippen LogP contribution in [0.15, 0.2) is 12.1 Å². The van der Waals surface area contributed by atoms with Crippen molar-refractivity contribution in [1.29, 1.82) is 0 Å². The highest BCUT2D eigenvalue weighted by Crippen LogP contribution is 2.36. The lowest BCUT2D eigenvalue weighted by molar-refractivity contribution is -0.156. The van der Waals surface area contributed by atoms with E-state index in [0.29, 0.717) is 19.4 Å². The molecule has 2 unspecified atom stereocenters. The van der Waals surface area contributed by atoms with Gasteiger partial charge in [-0.25, -0.2) is 0 Å². The minimum Gasteiger partial charge on any atom is -0.496 e. The van der Waals surface area contributed by atoms with E-state index in [1.54, 1.807) is 19.1 Å². The SMILES string of the molecule is COc1c(C)cc(CN(C)C(=O)C2CCC2C(=O)O)cc1C. The first kappa shape index (κ1) is 16.3. The highest BCUT2D eigenvalue weighted by atomic mass is 16.5. The number of carbonyl (C=O) groups excluding carboxylic acids is 1. The van der Waals surface area contributed by atoms with E-state index in [1.165, 1.54) is 0 Å². The van der Waals surface area contributed by atoms with E-state index < -0.39 is 11.9 Å². The number of rotatable bonds is 5. The molecule has 0 bridgehead atoms. The Morgan fingerprint density at radius 1 is 1.23 bits per heavy atom. The molecule has 5 nitrogen and oxygen atoms in total. The van der Waals surface area contributed by atoms with Gasteiger partial charge in [-0.1, -0.05) is 12.1 Å². The Labute approximate surface area is 130 Å². The monoisotopic (exact) mass is 305 g/mol. The van der Waals surface area contributed by atoms with Crippen LogP contribution in [-0.2, 0) is 16.1 Å². The number of carboxylic acid groups (broad SMARTS) is 1. The molecule has 1 fully saturated rings. The van der Waals surface area contributed by atoms with Gasteiger partial charge in [0.05, 0.1) is 18.9 Å². The molecule has 0 spiro atoms.